The predicted molar refractivity (Wildman–Crippen MR) is 36.0 cm³/mol. The van der Waals surface area contributed by atoms with Crippen molar-refractivity contribution in [3.63, 3.8) is 0 Å². The van der Waals surface area contributed by atoms with Gasteiger partial charge in [0.2, 0.25) is 5.91 Å². The molecule has 2 heteroatoms. The van der Waals surface area contributed by atoms with Crippen LogP contribution in [0.2, 0.25) is 0 Å². The Morgan fingerprint density at radius 1 is 1.44 bits per heavy atom. The maximum atomic E-state index is 10.6. The number of rotatable bonds is 0. The summed E-state index contributed by atoms with van der Waals surface area (Å²) in [6.45, 7) is 7.83. The first-order valence-corrected chi connectivity index (χ1v) is 3.27. The highest BCUT2D eigenvalue weighted by molar-refractivity contribution is 5.74. The lowest BCUT2D eigenvalue weighted by Crippen LogP contribution is -2.54. The summed E-state index contributed by atoms with van der Waals surface area (Å²) in [6.07, 6.45) is 0. The third kappa shape index (κ3) is 1.23. The lowest BCUT2D eigenvalue weighted by molar-refractivity contribution is -0.138. The first-order chi connectivity index (χ1) is 4.01. The summed E-state index contributed by atoms with van der Waals surface area (Å²) in [7, 11) is 0. The van der Waals surface area contributed by atoms with Crippen LogP contribution >= 0.6 is 0 Å². The molecule has 1 amide bonds. The van der Waals surface area contributed by atoms with Crippen molar-refractivity contribution in [1.29, 1.82) is 0 Å². The second-order valence-corrected chi connectivity index (χ2v) is 3.54. The average Bonchev–Trinajstić information content (AvgIpc) is 1.59. The molecule has 0 N–H and O–H groups in total. The van der Waals surface area contributed by atoms with E-state index in [0.29, 0.717) is 5.41 Å². The number of hydrogen-bond acceptors (Lipinski definition) is 1. The van der Waals surface area contributed by atoms with E-state index in [4.69, 9.17) is 0 Å². The molecule has 1 fully saturated rings. The molecule has 0 radical (unpaired) electrons. The first-order valence-electron chi connectivity index (χ1n) is 3.27. The lowest BCUT2D eigenvalue weighted by atomic mass is 9.84. The monoisotopic (exact) mass is 127 g/mol. The molecule has 1 rings (SSSR count). The summed E-state index contributed by atoms with van der Waals surface area (Å²) in [6, 6.07) is 0. The van der Waals surface area contributed by atoms with Crippen LogP contribution in [0.3, 0.4) is 0 Å². The minimum atomic E-state index is 0.203. The summed E-state index contributed by atoms with van der Waals surface area (Å²) < 4.78 is 0. The Bertz CT molecular complexity index is 132. The summed E-state index contributed by atoms with van der Waals surface area (Å²) in [5, 5.41) is 0. The van der Waals surface area contributed by atoms with Gasteiger partial charge in [0.1, 0.15) is 0 Å². The zero-order chi connectivity index (χ0) is 7.07. The van der Waals surface area contributed by atoms with Crippen molar-refractivity contribution in [3.8, 4) is 0 Å². The molecule has 1 aliphatic heterocycles. The standard InChI is InChI=1S/C7H13NO/c1-6(9)8-4-7(2,3)5-8/h4-5H2,1-3H3. The average molecular weight is 127 g/mol. The fourth-order valence-electron chi connectivity index (χ4n) is 1.21. The van der Waals surface area contributed by atoms with E-state index in [-0.39, 0.29) is 5.91 Å². The van der Waals surface area contributed by atoms with Gasteiger partial charge in [0.25, 0.3) is 0 Å². The van der Waals surface area contributed by atoms with Crippen molar-refractivity contribution in [2.45, 2.75) is 20.8 Å². The van der Waals surface area contributed by atoms with Gasteiger partial charge in [-0.25, -0.2) is 0 Å². The molecule has 0 aliphatic carbocycles. The van der Waals surface area contributed by atoms with Crippen molar-refractivity contribution >= 4 is 5.91 Å². The van der Waals surface area contributed by atoms with Crippen LogP contribution in [-0.4, -0.2) is 23.9 Å². The fourth-order valence-corrected chi connectivity index (χ4v) is 1.21. The zero-order valence-electron chi connectivity index (χ0n) is 6.27. The van der Waals surface area contributed by atoms with Crippen LogP contribution in [0.25, 0.3) is 0 Å². The van der Waals surface area contributed by atoms with Crippen molar-refractivity contribution < 1.29 is 4.79 Å². The lowest BCUT2D eigenvalue weighted by Gasteiger charge is -2.45. The Hall–Kier alpha value is -0.530. The van der Waals surface area contributed by atoms with Crippen molar-refractivity contribution in [2.24, 2.45) is 5.41 Å². The summed E-state index contributed by atoms with van der Waals surface area (Å²) >= 11 is 0. The van der Waals surface area contributed by atoms with Gasteiger partial charge >= 0.3 is 0 Å². The van der Waals surface area contributed by atoms with Gasteiger partial charge in [-0.2, -0.15) is 0 Å². The molecular weight excluding hydrogens is 114 g/mol. The van der Waals surface area contributed by atoms with E-state index in [1.807, 2.05) is 4.90 Å². The molecule has 0 aromatic carbocycles. The topological polar surface area (TPSA) is 20.3 Å². The van der Waals surface area contributed by atoms with Gasteiger partial charge in [0.15, 0.2) is 0 Å². The van der Waals surface area contributed by atoms with Crippen molar-refractivity contribution in [3.05, 3.63) is 0 Å². The van der Waals surface area contributed by atoms with E-state index in [1.54, 1.807) is 6.92 Å². The van der Waals surface area contributed by atoms with E-state index in [0.717, 1.165) is 13.1 Å². The number of nitrogens with zero attached hydrogens (tertiary/aromatic N) is 1. The number of hydrogen-bond donors (Lipinski definition) is 0. The van der Waals surface area contributed by atoms with Gasteiger partial charge in [0, 0.05) is 20.0 Å². The fraction of sp³-hybridized carbons (Fsp3) is 0.857. The molecular formula is C7H13NO. The Balaban J connectivity index is 2.35. The third-order valence-electron chi connectivity index (χ3n) is 1.68. The molecule has 0 unspecified atom stereocenters. The van der Waals surface area contributed by atoms with Gasteiger partial charge in [-0.1, -0.05) is 13.8 Å². The highest BCUT2D eigenvalue weighted by atomic mass is 16.2. The molecule has 1 aliphatic rings. The van der Waals surface area contributed by atoms with E-state index in [9.17, 15) is 4.79 Å². The molecule has 9 heavy (non-hydrogen) atoms. The Morgan fingerprint density at radius 3 is 2.00 bits per heavy atom. The maximum absolute atomic E-state index is 10.6. The van der Waals surface area contributed by atoms with E-state index in [2.05, 4.69) is 13.8 Å². The highest BCUT2D eigenvalue weighted by Gasteiger charge is 2.35. The van der Waals surface area contributed by atoms with Crippen LogP contribution in [0.4, 0.5) is 0 Å². The van der Waals surface area contributed by atoms with Gasteiger partial charge < -0.3 is 4.90 Å². The molecule has 52 valence electrons. The van der Waals surface area contributed by atoms with Crippen LogP contribution in [0, 0.1) is 5.41 Å². The highest BCUT2D eigenvalue weighted by Crippen LogP contribution is 2.28. The first kappa shape index (κ1) is 6.59. The number of amides is 1. The van der Waals surface area contributed by atoms with E-state index < -0.39 is 0 Å². The number of carbonyl (C=O) groups is 1. The molecule has 2 nitrogen and oxygen atoms in total. The van der Waals surface area contributed by atoms with Crippen LogP contribution in [0.15, 0.2) is 0 Å². The van der Waals surface area contributed by atoms with Crippen LogP contribution in [-0.2, 0) is 4.79 Å². The minimum absolute atomic E-state index is 0.203. The number of carbonyl (C=O) groups excluding carboxylic acids is 1. The van der Waals surface area contributed by atoms with Crippen molar-refractivity contribution in [2.75, 3.05) is 13.1 Å². The van der Waals surface area contributed by atoms with Gasteiger partial charge in [-0.05, 0) is 5.41 Å². The molecule has 0 aromatic heterocycles. The second kappa shape index (κ2) is 1.72. The second-order valence-electron chi connectivity index (χ2n) is 3.54. The SMILES string of the molecule is CC(=O)N1CC(C)(C)C1. The molecule has 0 spiro atoms. The maximum Gasteiger partial charge on any atom is 0.219 e. The Labute approximate surface area is 55.8 Å². The molecule has 1 saturated heterocycles. The summed E-state index contributed by atoms with van der Waals surface area (Å²) in [5.41, 5.74) is 0.381. The smallest absolute Gasteiger partial charge is 0.219 e. The molecule has 0 atom stereocenters. The largest absolute Gasteiger partial charge is 0.342 e. The normalized spacial score (nSPS) is 23.2. The summed E-state index contributed by atoms with van der Waals surface area (Å²) in [4.78, 5) is 12.5. The van der Waals surface area contributed by atoms with Crippen LogP contribution < -0.4 is 0 Å². The van der Waals surface area contributed by atoms with Gasteiger partial charge in [-0.3, -0.25) is 4.79 Å². The van der Waals surface area contributed by atoms with E-state index in [1.165, 1.54) is 0 Å². The molecule has 1 heterocycles. The van der Waals surface area contributed by atoms with Crippen LogP contribution in [0.5, 0.6) is 0 Å². The van der Waals surface area contributed by atoms with E-state index >= 15 is 0 Å². The zero-order valence-corrected chi connectivity index (χ0v) is 6.27. The van der Waals surface area contributed by atoms with Crippen LogP contribution in [0.1, 0.15) is 20.8 Å². The molecule has 0 bridgehead atoms. The Kier molecular flexibility index (Phi) is 1.26. The number of likely N-dealkylation sites (tertiary alicyclic amines) is 1. The Morgan fingerprint density at radius 2 is 1.89 bits per heavy atom. The summed E-state index contributed by atoms with van der Waals surface area (Å²) in [5.74, 6) is 0.203. The van der Waals surface area contributed by atoms with Crippen molar-refractivity contribution in [1.82, 2.24) is 4.90 Å². The van der Waals surface area contributed by atoms with Gasteiger partial charge in [0.05, 0.1) is 0 Å². The minimum Gasteiger partial charge on any atom is -0.342 e. The predicted octanol–water partition coefficient (Wildman–Crippen LogP) is 0.875. The quantitative estimate of drug-likeness (QED) is 0.473. The van der Waals surface area contributed by atoms with Gasteiger partial charge in [-0.15, -0.1) is 0 Å². The molecule has 0 aromatic rings. The third-order valence-corrected chi connectivity index (χ3v) is 1.68. The molecule has 0 saturated carbocycles.